The van der Waals surface area contributed by atoms with E-state index >= 15 is 0 Å². The third kappa shape index (κ3) is 5.62. The number of carbonyl (C=O) groups excluding carboxylic acids is 3. The van der Waals surface area contributed by atoms with E-state index in [1.165, 1.54) is 0 Å². The summed E-state index contributed by atoms with van der Waals surface area (Å²) in [5.41, 5.74) is 2.86. The fourth-order valence-electron chi connectivity index (χ4n) is 3.74. The number of benzene rings is 2. The van der Waals surface area contributed by atoms with E-state index in [-0.39, 0.29) is 28.2 Å². The van der Waals surface area contributed by atoms with E-state index in [1.807, 2.05) is 60.7 Å². The first-order valence-corrected chi connectivity index (χ1v) is 12.6. The minimum Gasteiger partial charge on any atom is -0.462 e. The Labute approximate surface area is 218 Å². The van der Waals surface area contributed by atoms with Crippen molar-refractivity contribution in [2.75, 3.05) is 11.9 Å². The number of ether oxygens (including phenoxy) is 2. The number of carbonyl (C=O) groups is 3. The second-order valence-electron chi connectivity index (χ2n) is 8.43. The van der Waals surface area contributed by atoms with E-state index in [4.69, 9.17) is 9.47 Å². The molecule has 0 radical (unpaired) electrons. The maximum Gasteiger partial charge on any atom is 0.348 e. The van der Waals surface area contributed by atoms with E-state index in [0.29, 0.717) is 16.8 Å². The first kappa shape index (κ1) is 25.8. The molecule has 0 spiro atoms. The Morgan fingerprint density at radius 3 is 2.27 bits per heavy atom. The number of anilines is 1. The Morgan fingerprint density at radius 2 is 1.65 bits per heavy atom. The quantitative estimate of drug-likeness (QED) is 0.292. The Hall–Kier alpha value is -4.24. The Bertz CT molecular complexity index is 1430. The molecule has 8 nitrogen and oxygen atoms in total. The van der Waals surface area contributed by atoms with Crippen molar-refractivity contribution in [2.24, 2.45) is 0 Å². The summed E-state index contributed by atoms with van der Waals surface area (Å²) in [6, 6.07) is 18.8. The molecule has 2 heterocycles. The number of aromatic nitrogens is 2. The minimum absolute atomic E-state index is 0.131. The van der Waals surface area contributed by atoms with Crippen LogP contribution in [0.1, 0.15) is 56.7 Å². The van der Waals surface area contributed by atoms with Gasteiger partial charge in [0.05, 0.1) is 29.5 Å². The molecule has 2 aromatic carbocycles. The number of esters is 2. The molecule has 4 rings (SSSR count). The van der Waals surface area contributed by atoms with Gasteiger partial charge in [0.2, 0.25) is 0 Å². The third-order valence-electron chi connectivity index (χ3n) is 5.41. The van der Waals surface area contributed by atoms with Gasteiger partial charge in [-0.05, 0) is 45.4 Å². The number of nitrogens with one attached hydrogen (secondary N) is 1. The summed E-state index contributed by atoms with van der Waals surface area (Å²) in [5.74, 6) is -1.67. The van der Waals surface area contributed by atoms with Gasteiger partial charge in [0.25, 0.3) is 5.91 Å². The van der Waals surface area contributed by atoms with Crippen LogP contribution in [0.5, 0.6) is 0 Å². The molecule has 1 N–H and O–H groups in total. The van der Waals surface area contributed by atoms with Crippen LogP contribution >= 0.6 is 11.3 Å². The lowest BCUT2D eigenvalue weighted by Gasteiger charge is -2.10. The van der Waals surface area contributed by atoms with Gasteiger partial charge in [0.1, 0.15) is 15.6 Å². The molecular weight excluding hydrogens is 490 g/mol. The summed E-state index contributed by atoms with van der Waals surface area (Å²) in [4.78, 5) is 39.4. The molecule has 0 atom stereocenters. The highest BCUT2D eigenvalue weighted by molar-refractivity contribution is 7.18. The Kier molecular flexibility index (Phi) is 7.83. The molecule has 2 aromatic heterocycles. The highest BCUT2D eigenvalue weighted by atomic mass is 32.1. The number of thiophene rings is 1. The van der Waals surface area contributed by atoms with Crippen molar-refractivity contribution < 1.29 is 23.9 Å². The van der Waals surface area contributed by atoms with E-state index in [9.17, 15) is 14.4 Å². The maximum absolute atomic E-state index is 13.6. The van der Waals surface area contributed by atoms with Gasteiger partial charge in [-0.1, -0.05) is 48.5 Å². The van der Waals surface area contributed by atoms with E-state index in [1.54, 1.807) is 38.6 Å². The third-order valence-corrected chi connectivity index (χ3v) is 6.60. The summed E-state index contributed by atoms with van der Waals surface area (Å²) in [5, 5.41) is 7.72. The number of nitrogens with zero attached hydrogens (tertiary/aromatic N) is 2. The van der Waals surface area contributed by atoms with Crippen LogP contribution in [-0.4, -0.2) is 40.3 Å². The lowest BCUT2D eigenvalue weighted by atomic mass is 10.1. The lowest BCUT2D eigenvalue weighted by molar-refractivity contribution is 0.0379. The first-order chi connectivity index (χ1) is 17.8. The van der Waals surface area contributed by atoms with Crippen LogP contribution in [0.4, 0.5) is 5.00 Å². The van der Waals surface area contributed by atoms with Gasteiger partial charge in [-0.3, -0.25) is 4.79 Å². The highest BCUT2D eigenvalue weighted by Crippen LogP contribution is 2.35. The maximum atomic E-state index is 13.6. The molecule has 4 aromatic rings. The van der Waals surface area contributed by atoms with Crippen molar-refractivity contribution >= 4 is 34.2 Å². The molecule has 9 heteroatoms. The first-order valence-electron chi connectivity index (χ1n) is 11.8. The molecular formula is C28H27N3O5S. The van der Waals surface area contributed by atoms with Crippen molar-refractivity contribution in [1.29, 1.82) is 0 Å². The number of para-hydroxylation sites is 1. The average Bonchev–Trinajstić information content (AvgIpc) is 3.47. The zero-order valence-corrected chi connectivity index (χ0v) is 21.8. The number of hydrogen-bond donors (Lipinski definition) is 1. The molecule has 0 bridgehead atoms. The molecule has 0 saturated carbocycles. The second-order valence-corrected chi connectivity index (χ2v) is 9.45. The van der Waals surface area contributed by atoms with Crippen molar-refractivity contribution in [1.82, 2.24) is 9.78 Å². The average molecular weight is 518 g/mol. The van der Waals surface area contributed by atoms with Crippen molar-refractivity contribution in [2.45, 2.75) is 33.8 Å². The fraction of sp³-hybridized carbons (Fsp3) is 0.214. The molecule has 0 aliphatic rings. The van der Waals surface area contributed by atoms with Gasteiger partial charge >= 0.3 is 11.9 Å². The largest absolute Gasteiger partial charge is 0.462 e. The molecule has 0 saturated heterocycles. The number of rotatable bonds is 8. The summed E-state index contributed by atoms with van der Waals surface area (Å²) < 4.78 is 12.2. The zero-order chi connectivity index (χ0) is 26.5. The van der Waals surface area contributed by atoms with Crippen molar-refractivity contribution in [3.05, 3.63) is 88.4 Å². The highest BCUT2D eigenvalue weighted by Gasteiger charge is 2.29. The van der Waals surface area contributed by atoms with Gasteiger partial charge in [-0.2, -0.15) is 5.10 Å². The van der Waals surface area contributed by atoms with Crippen LogP contribution in [0, 0.1) is 6.92 Å². The standard InChI is InChI=1S/C28H27N3O5S/c1-5-35-28(34)24-18(4)22(27(33)36-17(2)3)26(37-24)29-25(32)21-16-31(20-14-10-7-11-15-20)30-23(21)19-12-8-6-9-13-19/h6-17H,5H2,1-4H3,(H,29,32). The fourth-order valence-corrected chi connectivity index (χ4v) is 4.83. The van der Waals surface area contributed by atoms with Crippen molar-refractivity contribution in [3.8, 4) is 16.9 Å². The normalized spacial score (nSPS) is 10.8. The van der Waals surface area contributed by atoms with Gasteiger partial charge in [-0.15, -0.1) is 11.3 Å². The second kappa shape index (κ2) is 11.2. The minimum atomic E-state index is -0.627. The lowest BCUT2D eigenvalue weighted by Crippen LogP contribution is -2.17. The monoisotopic (exact) mass is 517 g/mol. The summed E-state index contributed by atoms with van der Waals surface area (Å²) in [7, 11) is 0. The van der Waals surface area contributed by atoms with Crippen LogP contribution in [-0.2, 0) is 9.47 Å². The van der Waals surface area contributed by atoms with Gasteiger partial charge in [0.15, 0.2) is 0 Å². The smallest absolute Gasteiger partial charge is 0.348 e. The van der Waals surface area contributed by atoms with E-state index in [2.05, 4.69) is 10.4 Å². The van der Waals surface area contributed by atoms with Crippen LogP contribution in [0.2, 0.25) is 0 Å². The van der Waals surface area contributed by atoms with Crippen LogP contribution < -0.4 is 5.32 Å². The Balaban J connectivity index is 1.77. The molecule has 0 fully saturated rings. The van der Waals surface area contributed by atoms with Crippen LogP contribution in [0.3, 0.4) is 0 Å². The predicted octanol–water partition coefficient (Wildman–Crippen LogP) is 5.90. The van der Waals surface area contributed by atoms with E-state index in [0.717, 1.165) is 22.6 Å². The number of amides is 1. The van der Waals surface area contributed by atoms with Gasteiger partial charge in [-0.25, -0.2) is 14.3 Å². The molecule has 0 unspecified atom stereocenters. The molecule has 0 aliphatic carbocycles. The summed E-state index contributed by atoms with van der Waals surface area (Å²) in [6.45, 7) is 6.98. The molecule has 1 amide bonds. The molecule has 37 heavy (non-hydrogen) atoms. The molecule has 190 valence electrons. The van der Waals surface area contributed by atoms with Crippen molar-refractivity contribution in [3.63, 3.8) is 0 Å². The topological polar surface area (TPSA) is 99.5 Å². The summed E-state index contributed by atoms with van der Waals surface area (Å²) in [6.07, 6.45) is 1.27. The van der Waals surface area contributed by atoms with Crippen LogP contribution in [0.15, 0.2) is 66.9 Å². The van der Waals surface area contributed by atoms with E-state index < -0.39 is 17.8 Å². The van der Waals surface area contributed by atoms with Crippen LogP contribution in [0.25, 0.3) is 16.9 Å². The van der Waals surface area contributed by atoms with Gasteiger partial charge < -0.3 is 14.8 Å². The SMILES string of the molecule is CCOC(=O)c1sc(NC(=O)c2cn(-c3ccccc3)nc2-c2ccccc2)c(C(=O)OC(C)C)c1C. The molecule has 0 aliphatic heterocycles. The summed E-state index contributed by atoms with van der Waals surface area (Å²) >= 11 is 0.983. The zero-order valence-electron chi connectivity index (χ0n) is 21.0. The Morgan fingerprint density at radius 1 is 1.00 bits per heavy atom. The predicted molar refractivity (Wildman–Crippen MR) is 143 cm³/mol. The number of hydrogen-bond acceptors (Lipinski definition) is 7. The van der Waals surface area contributed by atoms with Gasteiger partial charge in [0, 0.05) is 11.8 Å².